The highest BCUT2D eigenvalue weighted by Gasteiger charge is 2.31. The van der Waals surface area contributed by atoms with Crippen LogP contribution >= 0.6 is 0 Å². The number of hydrogen-bond donors (Lipinski definition) is 0. The van der Waals surface area contributed by atoms with E-state index in [1.165, 1.54) is 87.3 Å². The highest BCUT2D eigenvalue weighted by atomic mass is 15.2. The van der Waals surface area contributed by atoms with Crippen molar-refractivity contribution < 1.29 is 0 Å². The Balaban J connectivity index is 1.19. The largest absolute Gasteiger partial charge is 0.310 e. The van der Waals surface area contributed by atoms with Crippen LogP contribution in [0.1, 0.15) is 63.8 Å². The fraction of sp³-hybridized carbons (Fsp3) is 0.125. The molecule has 0 unspecified atom stereocenters. The Kier molecular flexibility index (Phi) is 8.76. The molecule has 0 spiro atoms. The van der Waals surface area contributed by atoms with Crippen LogP contribution in [0.4, 0.5) is 34.1 Å². The average molecular weight is 901 g/mol. The van der Waals surface area contributed by atoms with E-state index in [-0.39, 0.29) is 10.8 Å². The van der Waals surface area contributed by atoms with Gasteiger partial charge in [-0.05, 0) is 107 Å². The second kappa shape index (κ2) is 14.8. The van der Waals surface area contributed by atoms with Gasteiger partial charge in [0.05, 0.1) is 67.7 Å². The summed E-state index contributed by atoms with van der Waals surface area (Å²) in [7, 11) is 0. The van der Waals surface area contributed by atoms with Crippen molar-refractivity contribution in [2.45, 2.75) is 52.4 Å². The van der Waals surface area contributed by atoms with Crippen molar-refractivity contribution in [1.82, 2.24) is 8.80 Å². The molecule has 0 saturated carbocycles. The molecule has 334 valence electrons. The van der Waals surface area contributed by atoms with E-state index >= 15 is 0 Å². The summed E-state index contributed by atoms with van der Waals surface area (Å²) in [5, 5.41) is 29.7. The maximum absolute atomic E-state index is 10.1. The molecular weight excluding hydrogens is 853 g/mol. The van der Waals surface area contributed by atoms with Gasteiger partial charge in [0.25, 0.3) is 0 Å². The molecule has 0 aliphatic rings. The molecule has 0 atom stereocenters. The number of para-hydroxylation sites is 4. The van der Waals surface area contributed by atoms with Crippen LogP contribution in [0.15, 0.2) is 182 Å². The zero-order valence-corrected chi connectivity index (χ0v) is 40.0. The molecule has 6 heteroatoms. The monoisotopic (exact) mass is 900 g/mol. The van der Waals surface area contributed by atoms with Crippen LogP contribution in [0.3, 0.4) is 0 Å². The van der Waals surface area contributed by atoms with Crippen LogP contribution in [-0.2, 0) is 10.8 Å². The maximum atomic E-state index is 10.1. The van der Waals surface area contributed by atoms with Gasteiger partial charge < -0.3 is 18.6 Å². The van der Waals surface area contributed by atoms with Crippen molar-refractivity contribution >= 4 is 110 Å². The van der Waals surface area contributed by atoms with Crippen LogP contribution in [0.25, 0.3) is 76.2 Å². The number of rotatable bonds is 6. The number of nitriles is 2. The van der Waals surface area contributed by atoms with Crippen molar-refractivity contribution in [2.24, 2.45) is 0 Å². The van der Waals surface area contributed by atoms with Gasteiger partial charge in [0, 0.05) is 65.8 Å². The van der Waals surface area contributed by atoms with Gasteiger partial charge >= 0.3 is 0 Å². The van der Waals surface area contributed by atoms with E-state index in [4.69, 9.17) is 0 Å². The normalized spacial score (nSPS) is 12.4. The lowest BCUT2D eigenvalue weighted by atomic mass is 9.85. The van der Waals surface area contributed by atoms with Crippen LogP contribution in [0.2, 0.25) is 0 Å². The third kappa shape index (κ3) is 5.84. The number of hydrogen-bond acceptors (Lipinski definition) is 4. The lowest BCUT2D eigenvalue weighted by Crippen LogP contribution is -2.12. The molecule has 0 radical (unpaired) electrons. The quantitative estimate of drug-likeness (QED) is 0.167. The van der Waals surface area contributed by atoms with Gasteiger partial charge in [0.2, 0.25) is 0 Å². The van der Waals surface area contributed by atoms with Gasteiger partial charge in [-0.1, -0.05) is 139 Å². The molecule has 0 amide bonds. The number of benzene rings is 9. The van der Waals surface area contributed by atoms with E-state index in [1.54, 1.807) is 0 Å². The number of anilines is 6. The highest BCUT2D eigenvalue weighted by Crippen LogP contribution is 2.53. The van der Waals surface area contributed by atoms with Gasteiger partial charge in [-0.3, -0.25) is 0 Å². The summed E-state index contributed by atoms with van der Waals surface area (Å²) in [6.45, 7) is 13.9. The molecule has 6 nitrogen and oxygen atoms in total. The van der Waals surface area contributed by atoms with Crippen molar-refractivity contribution in [3.8, 4) is 12.1 Å². The minimum absolute atomic E-state index is 0.159. The molecule has 0 aliphatic heterocycles. The number of fused-ring (bicyclic) bond motifs is 12. The summed E-state index contributed by atoms with van der Waals surface area (Å²) in [6.07, 6.45) is 0. The van der Waals surface area contributed by atoms with Gasteiger partial charge in [-0.25, -0.2) is 0 Å². The molecule has 4 heterocycles. The van der Waals surface area contributed by atoms with Gasteiger partial charge in [-0.2, -0.15) is 10.5 Å². The first-order chi connectivity index (χ1) is 33.9. The minimum Gasteiger partial charge on any atom is -0.310 e. The number of aromatic nitrogens is 2. The fourth-order valence-electron chi connectivity index (χ4n) is 11.7. The summed E-state index contributed by atoms with van der Waals surface area (Å²) in [4.78, 5) is 4.63. The van der Waals surface area contributed by atoms with Crippen molar-refractivity contribution in [2.75, 3.05) is 9.80 Å². The van der Waals surface area contributed by atoms with Crippen molar-refractivity contribution in [3.05, 3.63) is 204 Å². The summed E-state index contributed by atoms with van der Waals surface area (Å²) in [6, 6.07) is 69.5. The molecule has 13 aromatic rings. The van der Waals surface area contributed by atoms with Gasteiger partial charge in [-0.15, -0.1) is 0 Å². The van der Waals surface area contributed by atoms with Gasteiger partial charge in [0.15, 0.2) is 0 Å². The second-order valence-electron chi connectivity index (χ2n) is 20.8. The zero-order chi connectivity index (χ0) is 47.8. The van der Waals surface area contributed by atoms with Crippen molar-refractivity contribution in [3.63, 3.8) is 0 Å². The molecule has 0 N–H and O–H groups in total. The standard InChI is InChI=1S/C64H48N6/c1-63(2,3)51-27-15-25-47-57-53(67(41-19-9-7-10-20-41)43-23-13-17-39(33-43)37-65)31-29-45-49-36-56-50(35-55(49)69(59(47)51)61(45)57)46-30-32-54(58-48-26-16-28-52(64(4,5)6)60(48)70(56)62(46)58)68(42-21-11-8-12-22-42)44-24-14-18-40(34-44)38-66/h7-36H,1-6H3. The molecule has 0 saturated heterocycles. The average Bonchev–Trinajstić information content (AvgIpc) is 4.10. The third-order valence-corrected chi connectivity index (χ3v) is 14.6. The van der Waals surface area contributed by atoms with E-state index in [9.17, 15) is 10.5 Å². The SMILES string of the molecule is CC(C)(C)c1cccc2c3c(N(c4ccccc4)c4cccc(C#N)c4)ccc4c5cc6c(cc5n(c12)c43)c1ccc(N(c2ccccc2)c2cccc(C#N)c2)c2c3cccc(C(C)(C)C)c3n6c12. The smallest absolute Gasteiger partial charge is 0.0992 e. The molecule has 13 rings (SSSR count). The first-order valence-electron chi connectivity index (χ1n) is 24.1. The van der Waals surface area contributed by atoms with Crippen LogP contribution in [-0.4, -0.2) is 8.80 Å². The Morgan fingerprint density at radius 3 is 1.13 bits per heavy atom. The Morgan fingerprint density at radius 2 is 0.743 bits per heavy atom. The Labute approximate surface area is 406 Å². The maximum Gasteiger partial charge on any atom is 0.0992 e. The van der Waals surface area contributed by atoms with E-state index in [0.29, 0.717) is 11.1 Å². The summed E-state index contributed by atoms with van der Waals surface area (Å²) in [5.41, 5.74) is 16.6. The minimum atomic E-state index is -0.159. The van der Waals surface area contributed by atoms with E-state index in [0.717, 1.165) is 34.1 Å². The fourth-order valence-corrected chi connectivity index (χ4v) is 11.7. The predicted molar refractivity (Wildman–Crippen MR) is 292 cm³/mol. The van der Waals surface area contributed by atoms with Crippen LogP contribution in [0.5, 0.6) is 0 Å². The molecule has 70 heavy (non-hydrogen) atoms. The van der Waals surface area contributed by atoms with Crippen molar-refractivity contribution in [1.29, 1.82) is 10.5 Å². The lowest BCUT2D eigenvalue weighted by molar-refractivity contribution is 0.594. The molecule has 0 fully saturated rings. The summed E-state index contributed by atoms with van der Waals surface area (Å²) >= 11 is 0. The van der Waals surface area contributed by atoms with E-state index in [1.807, 2.05) is 36.4 Å². The Morgan fingerprint density at radius 1 is 0.357 bits per heavy atom. The highest BCUT2D eigenvalue weighted by molar-refractivity contribution is 6.32. The third-order valence-electron chi connectivity index (χ3n) is 14.6. The first kappa shape index (κ1) is 41.4. The van der Waals surface area contributed by atoms with Crippen LogP contribution in [0, 0.1) is 22.7 Å². The Bertz CT molecular complexity index is 4060. The number of nitrogens with zero attached hydrogens (tertiary/aromatic N) is 6. The van der Waals surface area contributed by atoms with Crippen LogP contribution < -0.4 is 9.80 Å². The molecular formula is C64H48N6. The molecule has 9 aromatic carbocycles. The summed E-state index contributed by atoms with van der Waals surface area (Å²) in [5.74, 6) is 0. The molecule has 0 bridgehead atoms. The lowest BCUT2D eigenvalue weighted by Gasteiger charge is -2.26. The second-order valence-corrected chi connectivity index (χ2v) is 20.8. The van der Waals surface area contributed by atoms with E-state index in [2.05, 4.69) is 218 Å². The summed E-state index contributed by atoms with van der Waals surface area (Å²) < 4.78 is 5.12. The van der Waals surface area contributed by atoms with E-state index < -0.39 is 0 Å². The molecule has 0 aliphatic carbocycles. The first-order valence-corrected chi connectivity index (χ1v) is 24.1. The predicted octanol–water partition coefficient (Wildman–Crippen LogP) is 17.3. The Hall–Kier alpha value is -8.84. The topological polar surface area (TPSA) is 62.9 Å². The molecule has 4 aromatic heterocycles. The zero-order valence-electron chi connectivity index (χ0n) is 40.0. The van der Waals surface area contributed by atoms with Gasteiger partial charge in [0.1, 0.15) is 0 Å².